The minimum atomic E-state index is -0.977. The molecule has 1 N–H and O–H groups in total. The first-order chi connectivity index (χ1) is 14.0. The maximum atomic E-state index is 12.9. The molecule has 1 amide bonds. The maximum absolute atomic E-state index is 12.9. The zero-order valence-electron chi connectivity index (χ0n) is 18.1. The van der Waals surface area contributed by atoms with Crippen LogP contribution in [-0.2, 0) is 9.59 Å². The van der Waals surface area contributed by atoms with Crippen molar-refractivity contribution >= 4 is 40.5 Å². The molecule has 2 aromatic carbocycles. The van der Waals surface area contributed by atoms with Gasteiger partial charge in [-0.1, -0.05) is 67.2 Å². The van der Waals surface area contributed by atoms with Crippen LogP contribution in [0, 0.1) is 5.92 Å². The Morgan fingerprint density at radius 1 is 1.10 bits per heavy atom. The number of thioether (sulfide) groups is 2. The van der Waals surface area contributed by atoms with Crippen LogP contribution < -0.4 is 51.4 Å². The van der Waals surface area contributed by atoms with Gasteiger partial charge in [0.2, 0.25) is 11.0 Å². The minimum Gasteiger partial charge on any atom is -1.00 e. The minimum absolute atomic E-state index is 0. The van der Waals surface area contributed by atoms with E-state index in [9.17, 15) is 19.5 Å². The summed E-state index contributed by atoms with van der Waals surface area (Å²) in [6, 6.07) is 17.9. The van der Waals surface area contributed by atoms with E-state index in [1.807, 2.05) is 36.4 Å². The van der Waals surface area contributed by atoms with Gasteiger partial charge in [0, 0.05) is 33.9 Å². The summed E-state index contributed by atoms with van der Waals surface area (Å²) in [5.74, 6) is -1.29. The van der Waals surface area contributed by atoms with Crippen LogP contribution in [0.15, 0.2) is 65.6 Å². The second kappa shape index (κ2) is 12.4. The Morgan fingerprint density at radius 2 is 1.70 bits per heavy atom. The van der Waals surface area contributed by atoms with Crippen LogP contribution in [0.2, 0.25) is 0 Å². The van der Waals surface area contributed by atoms with Crippen LogP contribution in [0.5, 0.6) is 0 Å². The van der Waals surface area contributed by atoms with E-state index in [4.69, 9.17) is 0 Å². The number of carbonyl (C=O) groups is 3. The number of amides is 1. The van der Waals surface area contributed by atoms with Gasteiger partial charge in [-0.25, -0.2) is 4.79 Å². The van der Waals surface area contributed by atoms with E-state index in [0.717, 1.165) is 16.7 Å². The van der Waals surface area contributed by atoms with E-state index in [0.29, 0.717) is 24.3 Å². The zero-order chi connectivity index (χ0) is 20.8. The number of rotatable bonds is 7. The zero-order valence-corrected chi connectivity index (χ0v) is 21.8. The van der Waals surface area contributed by atoms with Gasteiger partial charge in [0.1, 0.15) is 6.04 Å². The molecule has 154 valence electrons. The number of hydrogen-bond donors (Lipinski definition) is 1. The predicted octanol–water partition coefficient (Wildman–Crippen LogP) is 1.16. The summed E-state index contributed by atoms with van der Waals surface area (Å²) in [5.41, 5.74) is 0.598. The molecule has 0 radical (unpaired) electrons. The van der Waals surface area contributed by atoms with E-state index in [-0.39, 0.29) is 69.1 Å². The molecule has 0 bridgehead atoms. The van der Waals surface area contributed by atoms with Crippen LogP contribution in [0.3, 0.4) is 0 Å². The smallest absolute Gasteiger partial charge is 1.00 e. The monoisotopic (exact) mass is 469 g/mol. The maximum Gasteiger partial charge on any atom is 1.00 e. The SMILES string of the molecule is C[C@H](CSC(=O)c1ccccc1)C(=O)N1C[C@@H](Sc2ccccc2)C[C@@H]1C(=O)O.[H-].[K+]. The molecule has 3 atom stereocenters. The third kappa shape index (κ3) is 6.95. The first kappa shape index (κ1) is 25.6. The Hall–Kier alpha value is -0.614. The van der Waals surface area contributed by atoms with Gasteiger partial charge >= 0.3 is 57.4 Å². The number of carbonyl (C=O) groups excluding carboxylic acids is 2. The summed E-state index contributed by atoms with van der Waals surface area (Å²) in [4.78, 5) is 39.5. The van der Waals surface area contributed by atoms with Gasteiger partial charge < -0.3 is 11.4 Å². The standard InChI is InChI=1S/C22H23NO4S2.K.H/c1-15(14-28-22(27)16-8-4-2-5-9-16)20(24)23-13-18(12-19(23)21(25)26)29-17-10-6-3-7-11-17;;/h2-11,15,18-19H,12-14H2,1H3,(H,25,26);;/q;+1;-1/t15-,18+,19-;;/m1../s1. The molecule has 1 fully saturated rings. The fourth-order valence-electron chi connectivity index (χ4n) is 3.26. The van der Waals surface area contributed by atoms with E-state index in [1.165, 1.54) is 4.90 Å². The van der Waals surface area contributed by atoms with Gasteiger partial charge in [-0.3, -0.25) is 9.59 Å². The summed E-state index contributed by atoms with van der Waals surface area (Å²) in [6.07, 6.45) is 0.420. The molecular formula is C22H24KNO4S2. The van der Waals surface area contributed by atoms with E-state index < -0.39 is 17.9 Å². The Morgan fingerprint density at radius 3 is 2.30 bits per heavy atom. The largest absolute Gasteiger partial charge is 1.00 e. The van der Waals surface area contributed by atoms with Crippen molar-refractivity contribution in [3.05, 3.63) is 66.2 Å². The number of likely N-dealkylation sites (tertiary alicyclic amines) is 1. The van der Waals surface area contributed by atoms with Crippen molar-refractivity contribution < 1.29 is 72.3 Å². The fourth-order valence-corrected chi connectivity index (χ4v) is 5.32. The molecule has 2 aromatic rings. The number of hydrogen-bond acceptors (Lipinski definition) is 5. The molecule has 1 aliphatic heterocycles. The van der Waals surface area contributed by atoms with Crippen LogP contribution in [-0.4, -0.2) is 50.6 Å². The van der Waals surface area contributed by atoms with Gasteiger partial charge in [-0.2, -0.15) is 0 Å². The summed E-state index contributed by atoms with van der Waals surface area (Å²) in [5, 5.41) is 9.55. The molecular weight excluding hydrogens is 445 g/mol. The topological polar surface area (TPSA) is 74.7 Å². The van der Waals surface area contributed by atoms with Crippen molar-refractivity contribution in [1.29, 1.82) is 0 Å². The molecule has 8 heteroatoms. The Bertz CT molecular complexity index is 872. The van der Waals surface area contributed by atoms with Crippen molar-refractivity contribution in [2.75, 3.05) is 12.3 Å². The van der Waals surface area contributed by atoms with Gasteiger partial charge in [-0.15, -0.1) is 11.8 Å². The molecule has 3 rings (SSSR count). The molecule has 1 saturated heterocycles. The van der Waals surface area contributed by atoms with Crippen molar-refractivity contribution in [2.24, 2.45) is 5.92 Å². The molecule has 5 nitrogen and oxygen atoms in total. The summed E-state index contributed by atoms with van der Waals surface area (Å²) < 4.78 is 0. The van der Waals surface area contributed by atoms with Crippen molar-refractivity contribution in [3.8, 4) is 0 Å². The van der Waals surface area contributed by atoms with E-state index in [1.54, 1.807) is 43.0 Å². The van der Waals surface area contributed by atoms with E-state index in [2.05, 4.69) is 0 Å². The molecule has 1 heterocycles. The van der Waals surface area contributed by atoms with Gasteiger partial charge in [-0.05, 0) is 18.6 Å². The molecule has 0 unspecified atom stereocenters. The Balaban J connectivity index is 0.00000240. The molecule has 30 heavy (non-hydrogen) atoms. The van der Waals surface area contributed by atoms with Gasteiger partial charge in [0.25, 0.3) is 0 Å². The predicted molar refractivity (Wildman–Crippen MR) is 117 cm³/mol. The molecule has 0 spiro atoms. The fraction of sp³-hybridized carbons (Fsp3) is 0.318. The van der Waals surface area contributed by atoms with Crippen molar-refractivity contribution in [3.63, 3.8) is 0 Å². The third-order valence-electron chi connectivity index (χ3n) is 4.77. The molecule has 0 aromatic heterocycles. The van der Waals surface area contributed by atoms with Crippen molar-refractivity contribution in [1.82, 2.24) is 4.90 Å². The average molecular weight is 470 g/mol. The summed E-state index contributed by atoms with van der Waals surface area (Å²) >= 11 is 2.70. The Labute approximate surface area is 229 Å². The second-order valence-electron chi connectivity index (χ2n) is 7.00. The van der Waals surface area contributed by atoms with Gasteiger partial charge in [0.05, 0.1) is 0 Å². The number of carboxylic acids is 1. The normalized spacial score (nSPS) is 19.0. The number of aliphatic carboxylic acids is 1. The number of nitrogens with zero attached hydrogens (tertiary/aromatic N) is 1. The summed E-state index contributed by atoms with van der Waals surface area (Å²) in [6.45, 7) is 2.15. The van der Waals surface area contributed by atoms with Crippen LogP contribution in [0.25, 0.3) is 0 Å². The first-order valence-electron chi connectivity index (χ1n) is 9.43. The Kier molecular flexibility index (Phi) is 10.6. The van der Waals surface area contributed by atoms with Crippen LogP contribution in [0.4, 0.5) is 0 Å². The molecule has 0 saturated carbocycles. The van der Waals surface area contributed by atoms with Crippen LogP contribution in [0.1, 0.15) is 25.1 Å². The molecule has 1 aliphatic rings. The number of carboxylic acid groups (broad SMARTS) is 1. The van der Waals surface area contributed by atoms with Crippen LogP contribution >= 0.6 is 23.5 Å². The number of benzene rings is 2. The van der Waals surface area contributed by atoms with Gasteiger partial charge in [0.15, 0.2) is 0 Å². The third-order valence-corrected chi connectivity index (χ3v) is 7.16. The quantitative estimate of drug-likeness (QED) is 0.614. The van der Waals surface area contributed by atoms with E-state index >= 15 is 0 Å². The second-order valence-corrected chi connectivity index (χ2v) is 9.37. The first-order valence-corrected chi connectivity index (χ1v) is 11.3. The van der Waals surface area contributed by atoms with Crippen molar-refractivity contribution in [2.45, 2.75) is 29.5 Å². The molecule has 0 aliphatic carbocycles. The summed E-state index contributed by atoms with van der Waals surface area (Å²) in [7, 11) is 0. The average Bonchev–Trinajstić information content (AvgIpc) is 3.16.